The molecule has 2 amide bonds. The molecular weight excluding hydrogens is 392 g/mol. The fourth-order valence-electron chi connectivity index (χ4n) is 2.39. The molecule has 1 heterocycles. The fraction of sp³-hybridized carbons (Fsp3) is 0.0500. The van der Waals surface area contributed by atoms with Crippen molar-refractivity contribution in [3.05, 3.63) is 88.6 Å². The van der Waals surface area contributed by atoms with E-state index in [1.165, 1.54) is 36.0 Å². The van der Waals surface area contributed by atoms with E-state index in [1.54, 1.807) is 42.6 Å². The molecule has 0 aliphatic carbocycles. The molecule has 0 spiro atoms. The van der Waals surface area contributed by atoms with Gasteiger partial charge in [-0.2, -0.15) is 0 Å². The van der Waals surface area contributed by atoms with Crippen molar-refractivity contribution in [1.82, 2.24) is 4.98 Å². The molecule has 2 aromatic carbocycles. The van der Waals surface area contributed by atoms with E-state index in [2.05, 4.69) is 15.6 Å². The predicted molar refractivity (Wildman–Crippen MR) is 111 cm³/mol. The molecule has 3 aromatic rings. The number of hydrogen-bond donors (Lipinski definition) is 2. The van der Waals surface area contributed by atoms with Crippen LogP contribution in [-0.4, -0.2) is 27.5 Å². The summed E-state index contributed by atoms with van der Waals surface area (Å²) >= 11 is 1.31. The summed E-state index contributed by atoms with van der Waals surface area (Å²) in [4.78, 5) is 39.5. The van der Waals surface area contributed by atoms with Gasteiger partial charge in [0.2, 0.25) is 5.91 Å². The number of amides is 2. The summed E-state index contributed by atoms with van der Waals surface area (Å²) in [5, 5.41) is 16.3. The van der Waals surface area contributed by atoms with Crippen LogP contribution in [0.4, 0.5) is 17.2 Å². The van der Waals surface area contributed by atoms with Crippen molar-refractivity contribution < 1.29 is 14.5 Å². The minimum Gasteiger partial charge on any atom is -0.322 e. The summed E-state index contributed by atoms with van der Waals surface area (Å²) in [5.41, 5.74) is 0.560. The maximum absolute atomic E-state index is 12.4. The average Bonchev–Trinajstić information content (AvgIpc) is 2.73. The molecule has 0 aliphatic rings. The molecule has 146 valence electrons. The van der Waals surface area contributed by atoms with Crippen LogP contribution in [0.5, 0.6) is 0 Å². The summed E-state index contributed by atoms with van der Waals surface area (Å²) in [6, 6.07) is 17.8. The summed E-state index contributed by atoms with van der Waals surface area (Å²) in [7, 11) is 0. The lowest BCUT2D eigenvalue weighted by Crippen LogP contribution is -2.15. The van der Waals surface area contributed by atoms with Gasteiger partial charge in [0.05, 0.1) is 10.7 Å². The number of pyridine rings is 1. The predicted octanol–water partition coefficient (Wildman–Crippen LogP) is 3.97. The Morgan fingerprint density at radius 1 is 1.00 bits per heavy atom. The Labute approximate surface area is 170 Å². The maximum atomic E-state index is 12.4. The van der Waals surface area contributed by atoms with Crippen molar-refractivity contribution in [1.29, 1.82) is 0 Å². The molecule has 8 nitrogen and oxygen atoms in total. The normalized spacial score (nSPS) is 10.2. The number of aromatic nitrogens is 1. The number of nitro groups is 1. The molecule has 0 aliphatic heterocycles. The zero-order valence-corrected chi connectivity index (χ0v) is 15.9. The minimum absolute atomic E-state index is 0.152. The second-order valence-electron chi connectivity index (χ2n) is 5.84. The zero-order chi connectivity index (χ0) is 20.6. The van der Waals surface area contributed by atoms with Crippen LogP contribution in [0, 0.1) is 10.1 Å². The number of nitrogens with one attached hydrogen (secondary N) is 2. The molecule has 0 saturated heterocycles. The monoisotopic (exact) mass is 408 g/mol. The van der Waals surface area contributed by atoms with E-state index >= 15 is 0 Å². The third kappa shape index (κ3) is 5.88. The number of anilines is 2. The van der Waals surface area contributed by atoms with E-state index in [-0.39, 0.29) is 22.9 Å². The van der Waals surface area contributed by atoms with Gasteiger partial charge in [-0.3, -0.25) is 19.7 Å². The van der Waals surface area contributed by atoms with E-state index in [4.69, 9.17) is 0 Å². The number of non-ortho nitro benzene ring substituents is 1. The number of benzene rings is 2. The molecular formula is C20H16N4O4S. The first-order valence-corrected chi connectivity index (χ1v) is 9.49. The molecule has 0 fully saturated rings. The van der Waals surface area contributed by atoms with Gasteiger partial charge in [-0.05, 0) is 36.4 Å². The largest absolute Gasteiger partial charge is 0.322 e. The van der Waals surface area contributed by atoms with Crippen LogP contribution in [0.3, 0.4) is 0 Å². The third-order valence-electron chi connectivity index (χ3n) is 3.71. The van der Waals surface area contributed by atoms with Crippen LogP contribution >= 0.6 is 11.8 Å². The van der Waals surface area contributed by atoms with Crippen molar-refractivity contribution in [3.63, 3.8) is 0 Å². The highest BCUT2D eigenvalue weighted by molar-refractivity contribution is 8.00. The number of carbonyl (C=O) groups is 2. The van der Waals surface area contributed by atoms with Crippen LogP contribution < -0.4 is 10.6 Å². The molecule has 3 rings (SSSR count). The minimum atomic E-state index is -0.552. The van der Waals surface area contributed by atoms with Crippen LogP contribution in [0.1, 0.15) is 10.4 Å². The Kier molecular flexibility index (Phi) is 6.54. The van der Waals surface area contributed by atoms with Crippen molar-refractivity contribution in [2.45, 2.75) is 4.90 Å². The van der Waals surface area contributed by atoms with Crippen LogP contribution in [-0.2, 0) is 4.79 Å². The first-order chi connectivity index (χ1) is 14.0. The Morgan fingerprint density at radius 2 is 1.83 bits per heavy atom. The smallest absolute Gasteiger partial charge is 0.270 e. The van der Waals surface area contributed by atoms with E-state index in [0.29, 0.717) is 11.5 Å². The van der Waals surface area contributed by atoms with Crippen LogP contribution in [0.15, 0.2) is 77.8 Å². The lowest BCUT2D eigenvalue weighted by atomic mass is 10.2. The first kappa shape index (κ1) is 20.0. The Balaban J connectivity index is 1.59. The lowest BCUT2D eigenvalue weighted by Gasteiger charge is -2.08. The van der Waals surface area contributed by atoms with Gasteiger partial charge in [0.25, 0.3) is 11.6 Å². The van der Waals surface area contributed by atoms with Crippen molar-refractivity contribution in [2.75, 3.05) is 16.4 Å². The van der Waals surface area contributed by atoms with Gasteiger partial charge in [0, 0.05) is 34.5 Å². The highest BCUT2D eigenvalue weighted by Gasteiger charge is 2.12. The van der Waals surface area contributed by atoms with E-state index in [0.717, 1.165) is 4.90 Å². The van der Waals surface area contributed by atoms with Gasteiger partial charge in [-0.25, -0.2) is 4.98 Å². The van der Waals surface area contributed by atoms with Crippen LogP contribution in [0.2, 0.25) is 0 Å². The molecule has 0 atom stereocenters. The molecule has 9 heteroatoms. The first-order valence-electron chi connectivity index (χ1n) is 8.51. The third-order valence-corrected chi connectivity index (χ3v) is 4.71. The fourth-order valence-corrected chi connectivity index (χ4v) is 3.15. The summed E-state index contributed by atoms with van der Waals surface area (Å²) in [5.74, 6) is 0.0123. The van der Waals surface area contributed by atoms with Gasteiger partial charge in [0.15, 0.2) is 0 Å². The molecule has 0 saturated carbocycles. The van der Waals surface area contributed by atoms with Crippen molar-refractivity contribution in [3.8, 4) is 0 Å². The Bertz CT molecular complexity index is 1040. The second-order valence-corrected chi connectivity index (χ2v) is 6.89. The molecule has 0 radical (unpaired) electrons. The van der Waals surface area contributed by atoms with Gasteiger partial charge >= 0.3 is 0 Å². The number of thioether (sulfide) groups is 1. The molecule has 29 heavy (non-hydrogen) atoms. The second kappa shape index (κ2) is 9.47. The van der Waals surface area contributed by atoms with E-state index < -0.39 is 10.8 Å². The number of nitrogens with zero attached hydrogens (tertiary/aromatic N) is 2. The highest BCUT2D eigenvalue weighted by Crippen LogP contribution is 2.23. The van der Waals surface area contributed by atoms with Gasteiger partial charge in [0.1, 0.15) is 5.82 Å². The van der Waals surface area contributed by atoms with E-state index in [9.17, 15) is 19.7 Å². The maximum Gasteiger partial charge on any atom is 0.270 e. The van der Waals surface area contributed by atoms with Gasteiger partial charge < -0.3 is 10.6 Å². The highest BCUT2D eigenvalue weighted by atomic mass is 32.2. The number of nitro benzene ring substituents is 1. The topological polar surface area (TPSA) is 114 Å². The van der Waals surface area contributed by atoms with Crippen molar-refractivity contribution in [2.24, 2.45) is 0 Å². The summed E-state index contributed by atoms with van der Waals surface area (Å²) in [6.07, 6.45) is 1.59. The van der Waals surface area contributed by atoms with Crippen molar-refractivity contribution >= 4 is 40.8 Å². The standard InChI is InChI=1S/C20H16N4O4S/c25-19(23-18-9-1-2-10-21-18)13-29-17-8-4-6-15(12-17)22-20(26)14-5-3-7-16(11-14)24(27)28/h1-12H,13H2,(H,22,26)(H,21,23,25). The number of carbonyl (C=O) groups excluding carboxylic acids is 2. The lowest BCUT2D eigenvalue weighted by molar-refractivity contribution is -0.384. The molecule has 0 unspecified atom stereocenters. The molecule has 0 bridgehead atoms. The SMILES string of the molecule is O=C(CSc1cccc(NC(=O)c2cccc([N+](=O)[O-])c2)c1)Nc1ccccn1. The summed E-state index contributed by atoms with van der Waals surface area (Å²) in [6.45, 7) is 0. The summed E-state index contributed by atoms with van der Waals surface area (Å²) < 4.78 is 0. The molecule has 2 N–H and O–H groups in total. The zero-order valence-electron chi connectivity index (χ0n) is 15.1. The van der Waals surface area contributed by atoms with Crippen LogP contribution in [0.25, 0.3) is 0 Å². The van der Waals surface area contributed by atoms with Gasteiger partial charge in [-0.15, -0.1) is 11.8 Å². The quantitative estimate of drug-likeness (QED) is 0.347. The Morgan fingerprint density at radius 3 is 2.59 bits per heavy atom. The number of rotatable bonds is 7. The van der Waals surface area contributed by atoms with Gasteiger partial charge in [-0.1, -0.05) is 18.2 Å². The Hall–Kier alpha value is -3.72. The number of hydrogen-bond acceptors (Lipinski definition) is 6. The average molecular weight is 408 g/mol. The molecule has 1 aromatic heterocycles. The van der Waals surface area contributed by atoms with E-state index in [1.807, 2.05) is 6.07 Å².